The largest absolute Gasteiger partial charge is 0.481 e. The van der Waals surface area contributed by atoms with Gasteiger partial charge in [0.1, 0.15) is 0 Å². The van der Waals surface area contributed by atoms with E-state index in [1.54, 1.807) is 13.8 Å². The van der Waals surface area contributed by atoms with Gasteiger partial charge >= 0.3 is 11.8 Å². The van der Waals surface area contributed by atoms with Gasteiger partial charge < -0.3 is 20.5 Å². The number of nitro groups is 1. The third kappa shape index (κ3) is 4.41. The first-order chi connectivity index (χ1) is 8.71. The number of carboxylic acids is 1. The zero-order valence-corrected chi connectivity index (χ0v) is 10.6. The molecule has 0 unspecified atom stereocenters. The third-order valence-electron chi connectivity index (χ3n) is 2.53. The molecule has 0 atom stereocenters. The summed E-state index contributed by atoms with van der Waals surface area (Å²) in [5, 5.41) is 21.7. The molecule has 0 aliphatic carbocycles. The second-order valence-corrected chi connectivity index (χ2v) is 4.75. The molecule has 0 fully saturated rings. The summed E-state index contributed by atoms with van der Waals surface area (Å²) < 4.78 is 0. The monoisotopic (exact) mass is 269 g/mol. The molecule has 0 aromatic carbocycles. The fraction of sp³-hybridized carbons (Fsp3) is 0.455. The molecule has 3 N–H and O–H groups in total. The predicted octanol–water partition coefficient (Wildman–Crippen LogP) is 1.30. The van der Waals surface area contributed by atoms with Crippen molar-refractivity contribution in [3.8, 4) is 0 Å². The Morgan fingerprint density at radius 1 is 1.47 bits per heavy atom. The Labute approximate surface area is 109 Å². The topological polar surface area (TPSA) is 125 Å². The van der Waals surface area contributed by atoms with Crippen molar-refractivity contribution in [2.45, 2.75) is 32.2 Å². The summed E-state index contributed by atoms with van der Waals surface area (Å²) in [7, 11) is 0. The fourth-order valence-electron chi connectivity index (χ4n) is 1.48. The molecule has 0 radical (unpaired) electrons. The van der Waals surface area contributed by atoms with Crippen LogP contribution >= 0.6 is 0 Å². The highest BCUT2D eigenvalue weighted by atomic mass is 16.6. The first kappa shape index (κ1) is 14.7. The van der Waals surface area contributed by atoms with Gasteiger partial charge in [0.25, 0.3) is 5.91 Å². The number of aromatic amines is 1. The minimum Gasteiger partial charge on any atom is -0.481 e. The second-order valence-electron chi connectivity index (χ2n) is 4.75. The van der Waals surface area contributed by atoms with Gasteiger partial charge in [-0.25, -0.2) is 4.98 Å². The van der Waals surface area contributed by atoms with E-state index in [0.29, 0.717) is 0 Å². The molecule has 8 heteroatoms. The Kier molecular flexibility index (Phi) is 4.26. The average Bonchev–Trinajstić information content (AvgIpc) is 2.75. The van der Waals surface area contributed by atoms with Gasteiger partial charge in [0.05, 0.1) is 0 Å². The van der Waals surface area contributed by atoms with Crippen LogP contribution in [-0.4, -0.2) is 32.4 Å². The van der Waals surface area contributed by atoms with Crippen LogP contribution in [0, 0.1) is 10.1 Å². The first-order valence-electron chi connectivity index (χ1n) is 5.59. The first-order valence-corrected chi connectivity index (χ1v) is 5.59. The number of hydrogen-bond donors (Lipinski definition) is 3. The number of nitrogens with zero attached hydrogens (tertiary/aromatic N) is 1. The molecular formula is C11H15N3O5. The molecule has 0 saturated heterocycles. The SMILES string of the molecule is CC(C)(CCC(=O)O)NC(=O)c1ccc([N+](=O)[O-])[nH]1. The van der Waals surface area contributed by atoms with Gasteiger partial charge in [-0.05, 0) is 31.3 Å². The van der Waals surface area contributed by atoms with Crippen molar-refractivity contribution in [3.63, 3.8) is 0 Å². The number of aliphatic carboxylic acids is 1. The molecule has 1 rings (SSSR count). The van der Waals surface area contributed by atoms with Crippen LogP contribution in [0.2, 0.25) is 0 Å². The molecular weight excluding hydrogens is 254 g/mol. The predicted molar refractivity (Wildman–Crippen MR) is 65.9 cm³/mol. The summed E-state index contributed by atoms with van der Waals surface area (Å²) in [6, 6.07) is 2.50. The summed E-state index contributed by atoms with van der Waals surface area (Å²) in [6.07, 6.45) is 0.190. The van der Waals surface area contributed by atoms with Crippen LogP contribution in [0.25, 0.3) is 0 Å². The number of amides is 1. The number of H-pyrrole nitrogens is 1. The second kappa shape index (κ2) is 5.51. The number of carbonyl (C=O) groups is 2. The Hall–Kier alpha value is -2.38. The molecule has 8 nitrogen and oxygen atoms in total. The summed E-state index contributed by atoms with van der Waals surface area (Å²) >= 11 is 0. The Morgan fingerprint density at radius 3 is 2.58 bits per heavy atom. The van der Waals surface area contributed by atoms with Crippen molar-refractivity contribution < 1.29 is 19.6 Å². The van der Waals surface area contributed by atoms with Crippen LogP contribution in [-0.2, 0) is 4.79 Å². The van der Waals surface area contributed by atoms with E-state index in [-0.39, 0.29) is 24.4 Å². The van der Waals surface area contributed by atoms with E-state index in [1.807, 2.05) is 0 Å². The smallest absolute Gasteiger partial charge is 0.321 e. The minimum atomic E-state index is -0.946. The van der Waals surface area contributed by atoms with E-state index in [1.165, 1.54) is 12.1 Å². The van der Waals surface area contributed by atoms with Crippen molar-refractivity contribution in [2.75, 3.05) is 0 Å². The lowest BCUT2D eigenvalue weighted by Crippen LogP contribution is -2.43. The van der Waals surface area contributed by atoms with Crippen LogP contribution in [0.1, 0.15) is 37.2 Å². The number of aromatic nitrogens is 1. The zero-order valence-electron chi connectivity index (χ0n) is 10.6. The van der Waals surface area contributed by atoms with E-state index in [4.69, 9.17) is 5.11 Å². The Morgan fingerprint density at radius 2 is 2.11 bits per heavy atom. The number of nitrogens with one attached hydrogen (secondary N) is 2. The van der Waals surface area contributed by atoms with Crippen molar-refractivity contribution in [1.82, 2.24) is 10.3 Å². The van der Waals surface area contributed by atoms with E-state index < -0.39 is 22.3 Å². The van der Waals surface area contributed by atoms with Crippen LogP contribution in [0.5, 0.6) is 0 Å². The normalized spacial score (nSPS) is 11.1. The number of carboxylic acid groups (broad SMARTS) is 1. The van der Waals surface area contributed by atoms with E-state index >= 15 is 0 Å². The van der Waals surface area contributed by atoms with E-state index in [9.17, 15) is 19.7 Å². The molecule has 1 aromatic rings. The molecule has 19 heavy (non-hydrogen) atoms. The van der Waals surface area contributed by atoms with Gasteiger partial charge in [-0.15, -0.1) is 0 Å². The van der Waals surface area contributed by atoms with Crippen LogP contribution < -0.4 is 5.32 Å². The number of carbonyl (C=O) groups excluding carboxylic acids is 1. The standard InChI is InChI=1S/C11H15N3O5/c1-11(2,6-5-9(15)16)13-10(17)7-3-4-8(12-7)14(18)19/h3-4,12H,5-6H2,1-2H3,(H,13,17)(H,15,16). The molecule has 1 aromatic heterocycles. The molecule has 0 aliphatic heterocycles. The number of hydrogen-bond acceptors (Lipinski definition) is 4. The molecule has 1 amide bonds. The summed E-state index contributed by atoms with van der Waals surface area (Å²) in [4.78, 5) is 34.5. The van der Waals surface area contributed by atoms with Crippen molar-refractivity contribution >= 4 is 17.7 Å². The highest BCUT2D eigenvalue weighted by Gasteiger charge is 2.24. The third-order valence-corrected chi connectivity index (χ3v) is 2.53. The van der Waals surface area contributed by atoms with E-state index in [2.05, 4.69) is 10.3 Å². The van der Waals surface area contributed by atoms with Crippen molar-refractivity contribution in [2.24, 2.45) is 0 Å². The lowest BCUT2D eigenvalue weighted by Gasteiger charge is -2.24. The average molecular weight is 269 g/mol. The van der Waals surface area contributed by atoms with Gasteiger partial charge in [0.2, 0.25) is 0 Å². The molecule has 104 valence electrons. The molecule has 0 aliphatic rings. The molecule has 0 spiro atoms. The highest BCUT2D eigenvalue weighted by Crippen LogP contribution is 2.14. The maximum absolute atomic E-state index is 11.8. The van der Waals surface area contributed by atoms with Crippen molar-refractivity contribution in [1.29, 1.82) is 0 Å². The summed E-state index contributed by atoms with van der Waals surface area (Å²) in [6.45, 7) is 3.37. The lowest BCUT2D eigenvalue weighted by atomic mass is 9.98. The van der Waals surface area contributed by atoms with Gasteiger partial charge in [-0.2, -0.15) is 0 Å². The van der Waals surface area contributed by atoms with Crippen LogP contribution in [0.15, 0.2) is 12.1 Å². The van der Waals surface area contributed by atoms with Crippen molar-refractivity contribution in [3.05, 3.63) is 27.9 Å². The quantitative estimate of drug-likeness (QED) is 0.530. The summed E-state index contributed by atoms with van der Waals surface area (Å²) in [5.74, 6) is -1.73. The Bertz CT molecular complexity index is 506. The van der Waals surface area contributed by atoms with Crippen LogP contribution in [0.4, 0.5) is 5.82 Å². The summed E-state index contributed by atoms with van der Waals surface area (Å²) in [5.41, 5.74) is -0.648. The maximum atomic E-state index is 11.8. The molecule has 1 heterocycles. The highest BCUT2D eigenvalue weighted by molar-refractivity contribution is 5.93. The Balaban J connectivity index is 2.67. The minimum absolute atomic E-state index is 0.0649. The van der Waals surface area contributed by atoms with Gasteiger partial charge in [-0.1, -0.05) is 0 Å². The lowest BCUT2D eigenvalue weighted by molar-refractivity contribution is -0.389. The van der Waals surface area contributed by atoms with Gasteiger partial charge in [0.15, 0.2) is 5.69 Å². The number of rotatable bonds is 6. The van der Waals surface area contributed by atoms with E-state index in [0.717, 1.165) is 0 Å². The molecule has 0 bridgehead atoms. The van der Waals surface area contributed by atoms with Gasteiger partial charge in [-0.3, -0.25) is 9.59 Å². The van der Waals surface area contributed by atoms with Gasteiger partial charge in [0, 0.05) is 18.0 Å². The van der Waals surface area contributed by atoms with Crippen LogP contribution in [0.3, 0.4) is 0 Å². The molecule has 0 saturated carbocycles. The maximum Gasteiger partial charge on any atom is 0.321 e. The zero-order chi connectivity index (χ0) is 14.6. The fourth-order valence-corrected chi connectivity index (χ4v) is 1.48.